The number of esters is 1. The predicted octanol–water partition coefficient (Wildman–Crippen LogP) is 2.50. The van der Waals surface area contributed by atoms with Crippen LogP contribution in [0.5, 0.6) is 0 Å². The average molecular weight is 288 g/mol. The van der Waals surface area contributed by atoms with Crippen LogP contribution in [0.3, 0.4) is 0 Å². The molecule has 4 nitrogen and oxygen atoms in total. The van der Waals surface area contributed by atoms with Gasteiger partial charge >= 0.3 is 5.97 Å². The molecule has 0 radical (unpaired) electrons. The van der Waals surface area contributed by atoms with Crippen molar-refractivity contribution in [2.75, 3.05) is 20.2 Å². The summed E-state index contributed by atoms with van der Waals surface area (Å²) in [6.07, 6.45) is 0.116. The fraction of sp³-hybridized carbons (Fsp3) is 0.385. The number of amides is 1. The topological polar surface area (TPSA) is 46.6 Å². The smallest absolute Gasteiger partial charge is 0.307 e. The number of ether oxygens (including phenoxy) is 1. The minimum Gasteiger partial charge on any atom is -0.466 e. The second kappa shape index (κ2) is 7.09. The Labute approximate surface area is 116 Å². The van der Waals surface area contributed by atoms with Gasteiger partial charge in [-0.3, -0.25) is 9.59 Å². The summed E-state index contributed by atoms with van der Waals surface area (Å²) in [5, 5.41) is -0.107. The van der Waals surface area contributed by atoms with Crippen LogP contribution in [-0.4, -0.2) is 37.0 Å². The molecule has 0 aromatic heterocycles. The molecule has 104 valence electrons. The Morgan fingerprint density at radius 1 is 1.42 bits per heavy atom. The van der Waals surface area contributed by atoms with Crippen molar-refractivity contribution < 1.29 is 18.7 Å². The molecule has 1 aromatic carbocycles. The molecule has 0 atom stereocenters. The van der Waals surface area contributed by atoms with Crippen molar-refractivity contribution in [2.45, 2.75) is 13.3 Å². The molecular formula is C13H15ClFNO3. The molecule has 0 aliphatic rings. The molecule has 0 saturated heterocycles. The zero-order valence-corrected chi connectivity index (χ0v) is 11.5. The minimum atomic E-state index is -0.576. The first-order valence-electron chi connectivity index (χ1n) is 5.81. The minimum absolute atomic E-state index is 0.107. The van der Waals surface area contributed by atoms with E-state index in [-0.39, 0.29) is 35.4 Å². The molecule has 6 heteroatoms. The van der Waals surface area contributed by atoms with E-state index in [1.54, 1.807) is 14.0 Å². The van der Waals surface area contributed by atoms with Gasteiger partial charge in [0.2, 0.25) is 0 Å². The summed E-state index contributed by atoms with van der Waals surface area (Å²) in [6, 6.07) is 3.75. The van der Waals surface area contributed by atoms with Gasteiger partial charge in [-0.15, -0.1) is 0 Å². The summed E-state index contributed by atoms with van der Waals surface area (Å²) < 4.78 is 17.7. The normalized spacial score (nSPS) is 10.1. The maximum atomic E-state index is 13.0. The molecule has 0 saturated carbocycles. The summed E-state index contributed by atoms with van der Waals surface area (Å²) in [5.74, 6) is -1.27. The number of rotatable bonds is 5. The Morgan fingerprint density at radius 2 is 2.11 bits per heavy atom. The van der Waals surface area contributed by atoms with Crippen LogP contribution in [0.25, 0.3) is 0 Å². The van der Waals surface area contributed by atoms with Crippen molar-refractivity contribution in [1.82, 2.24) is 4.90 Å². The Bertz CT molecular complexity index is 479. The van der Waals surface area contributed by atoms with Crippen molar-refractivity contribution >= 4 is 23.5 Å². The fourth-order valence-electron chi connectivity index (χ4n) is 1.44. The van der Waals surface area contributed by atoms with Crippen LogP contribution >= 0.6 is 11.6 Å². The van der Waals surface area contributed by atoms with E-state index in [0.29, 0.717) is 6.61 Å². The number of halogens is 2. The molecule has 0 N–H and O–H groups in total. The zero-order chi connectivity index (χ0) is 14.4. The van der Waals surface area contributed by atoms with E-state index in [1.165, 1.54) is 17.0 Å². The molecule has 0 heterocycles. The maximum absolute atomic E-state index is 13.0. The summed E-state index contributed by atoms with van der Waals surface area (Å²) in [7, 11) is 1.55. The number of nitrogens with zero attached hydrogens (tertiary/aromatic N) is 1. The molecule has 0 aliphatic heterocycles. The van der Waals surface area contributed by atoms with Gasteiger partial charge in [-0.2, -0.15) is 0 Å². The Balaban J connectivity index is 2.61. The van der Waals surface area contributed by atoms with Crippen molar-refractivity contribution in [3.8, 4) is 0 Å². The fourth-order valence-corrected chi connectivity index (χ4v) is 1.62. The number of hydrogen-bond acceptors (Lipinski definition) is 3. The summed E-state index contributed by atoms with van der Waals surface area (Å²) in [5.41, 5.74) is 0.276. The monoisotopic (exact) mass is 287 g/mol. The van der Waals surface area contributed by atoms with E-state index in [2.05, 4.69) is 0 Å². The number of benzene rings is 1. The van der Waals surface area contributed by atoms with E-state index in [9.17, 15) is 14.0 Å². The molecule has 0 bridgehead atoms. The third-order valence-corrected chi connectivity index (χ3v) is 2.76. The molecule has 0 spiro atoms. The van der Waals surface area contributed by atoms with E-state index in [1.807, 2.05) is 0 Å². The summed E-state index contributed by atoms with van der Waals surface area (Å²) in [4.78, 5) is 24.5. The van der Waals surface area contributed by atoms with Gasteiger partial charge in [-0.05, 0) is 25.1 Å². The second-order valence-corrected chi connectivity index (χ2v) is 4.32. The van der Waals surface area contributed by atoms with Gasteiger partial charge < -0.3 is 9.64 Å². The van der Waals surface area contributed by atoms with Gasteiger partial charge in [0, 0.05) is 19.2 Å². The van der Waals surface area contributed by atoms with Gasteiger partial charge in [-0.1, -0.05) is 11.6 Å². The van der Waals surface area contributed by atoms with Crippen LogP contribution < -0.4 is 0 Å². The average Bonchev–Trinajstić information content (AvgIpc) is 2.38. The Morgan fingerprint density at radius 3 is 2.68 bits per heavy atom. The lowest BCUT2D eigenvalue weighted by atomic mass is 10.2. The van der Waals surface area contributed by atoms with Gasteiger partial charge in [0.1, 0.15) is 5.82 Å². The van der Waals surface area contributed by atoms with Gasteiger partial charge in [0.25, 0.3) is 5.91 Å². The van der Waals surface area contributed by atoms with Crippen LogP contribution in [0, 0.1) is 5.82 Å². The first kappa shape index (κ1) is 15.4. The van der Waals surface area contributed by atoms with Crippen LogP contribution in [0.2, 0.25) is 5.02 Å². The summed E-state index contributed by atoms with van der Waals surface area (Å²) >= 11 is 5.61. The zero-order valence-electron chi connectivity index (χ0n) is 10.8. The third-order valence-electron chi connectivity index (χ3n) is 2.47. The van der Waals surface area contributed by atoms with Crippen LogP contribution in [0.4, 0.5) is 4.39 Å². The van der Waals surface area contributed by atoms with E-state index < -0.39 is 5.82 Å². The lowest BCUT2D eigenvalue weighted by Crippen LogP contribution is -2.29. The van der Waals surface area contributed by atoms with Crippen molar-refractivity contribution in [3.63, 3.8) is 0 Å². The lowest BCUT2D eigenvalue weighted by Gasteiger charge is -2.16. The van der Waals surface area contributed by atoms with E-state index in [4.69, 9.17) is 16.3 Å². The molecule has 0 unspecified atom stereocenters. The highest BCUT2D eigenvalue weighted by Crippen LogP contribution is 2.17. The highest BCUT2D eigenvalue weighted by molar-refractivity contribution is 6.31. The molecule has 1 amide bonds. The van der Waals surface area contributed by atoms with Gasteiger partial charge in [-0.25, -0.2) is 4.39 Å². The SMILES string of the molecule is CCOC(=O)CCN(C)C(=O)c1ccc(F)c(Cl)c1. The largest absolute Gasteiger partial charge is 0.466 e. The molecule has 19 heavy (non-hydrogen) atoms. The van der Waals surface area contributed by atoms with Gasteiger partial charge in [0.15, 0.2) is 0 Å². The standard InChI is InChI=1S/C13H15ClFNO3/c1-3-19-12(17)6-7-16(2)13(18)9-4-5-11(15)10(14)8-9/h4-5,8H,3,6-7H2,1-2H3. The van der Waals surface area contributed by atoms with Crippen LogP contribution in [0.1, 0.15) is 23.7 Å². The van der Waals surface area contributed by atoms with E-state index in [0.717, 1.165) is 6.07 Å². The Hall–Kier alpha value is -1.62. The molecular weight excluding hydrogens is 273 g/mol. The molecule has 1 rings (SSSR count). The molecule has 0 fully saturated rings. The first-order chi connectivity index (χ1) is 8.95. The predicted molar refractivity (Wildman–Crippen MR) is 69.6 cm³/mol. The highest BCUT2D eigenvalue weighted by Gasteiger charge is 2.14. The highest BCUT2D eigenvalue weighted by atomic mass is 35.5. The second-order valence-electron chi connectivity index (χ2n) is 3.91. The molecule has 1 aromatic rings. The first-order valence-corrected chi connectivity index (χ1v) is 6.19. The van der Waals surface area contributed by atoms with Crippen molar-refractivity contribution in [3.05, 3.63) is 34.6 Å². The summed E-state index contributed by atoms with van der Waals surface area (Å²) in [6.45, 7) is 2.25. The maximum Gasteiger partial charge on any atom is 0.307 e. The molecule has 0 aliphatic carbocycles. The third kappa shape index (κ3) is 4.52. The lowest BCUT2D eigenvalue weighted by molar-refractivity contribution is -0.143. The number of hydrogen-bond donors (Lipinski definition) is 0. The number of carbonyl (C=O) groups excluding carboxylic acids is 2. The number of carbonyl (C=O) groups is 2. The quantitative estimate of drug-likeness (QED) is 0.782. The van der Waals surface area contributed by atoms with Crippen molar-refractivity contribution in [1.29, 1.82) is 0 Å². The van der Waals surface area contributed by atoms with Crippen LogP contribution in [0.15, 0.2) is 18.2 Å². The van der Waals surface area contributed by atoms with Crippen molar-refractivity contribution in [2.24, 2.45) is 0 Å². The van der Waals surface area contributed by atoms with Crippen LogP contribution in [-0.2, 0) is 9.53 Å². The van der Waals surface area contributed by atoms with E-state index >= 15 is 0 Å². The van der Waals surface area contributed by atoms with Gasteiger partial charge in [0.05, 0.1) is 18.1 Å². The Kier molecular flexibility index (Phi) is 5.76.